The van der Waals surface area contributed by atoms with Gasteiger partial charge in [0.15, 0.2) is 5.69 Å². The van der Waals surface area contributed by atoms with Gasteiger partial charge >= 0.3 is 6.18 Å². The third kappa shape index (κ3) is 11.8. The number of halogens is 4. The Bertz CT molecular complexity index is 1800. The highest BCUT2D eigenvalue weighted by Gasteiger charge is 2.41. The number of benzene rings is 2. The second-order valence-corrected chi connectivity index (χ2v) is 14.6. The van der Waals surface area contributed by atoms with Crippen molar-refractivity contribution in [3.8, 4) is 0 Å². The summed E-state index contributed by atoms with van der Waals surface area (Å²) in [4.78, 5) is 50.7. The quantitative estimate of drug-likeness (QED) is 0.0945. The fourth-order valence-electron chi connectivity index (χ4n) is 4.84. The molecule has 2 N–H and O–H groups in total. The maximum atomic E-state index is 12.8. The number of nitrogen functional groups attached to an aromatic ring is 1. The lowest BCUT2D eigenvalue weighted by atomic mass is 9.93. The molecule has 0 aliphatic carbocycles. The second-order valence-electron chi connectivity index (χ2n) is 13.4. The summed E-state index contributed by atoms with van der Waals surface area (Å²) in [5.41, 5.74) is -3.36. The number of amides is 1. The first-order chi connectivity index (χ1) is 24.5. The van der Waals surface area contributed by atoms with Gasteiger partial charge in [-0.05, 0) is 44.6 Å². The number of alkyl halides is 3. The van der Waals surface area contributed by atoms with Crippen molar-refractivity contribution in [2.75, 3.05) is 36.7 Å². The Morgan fingerprint density at radius 1 is 1.02 bits per heavy atom. The zero-order valence-electron chi connectivity index (χ0n) is 30.7. The molecule has 20 heteroatoms. The van der Waals surface area contributed by atoms with Crippen molar-refractivity contribution in [3.05, 3.63) is 88.8 Å². The van der Waals surface area contributed by atoms with Gasteiger partial charge in [-0.2, -0.15) is 17.8 Å². The molecule has 1 aliphatic heterocycles. The highest BCUT2D eigenvalue weighted by Crippen LogP contribution is 2.43. The Morgan fingerprint density at radius 3 is 1.94 bits per heavy atom. The molecule has 0 radical (unpaired) electrons. The molecule has 1 aromatic heterocycles. The molecule has 4 rings (SSSR count). The summed E-state index contributed by atoms with van der Waals surface area (Å²) in [6.45, 7) is 14.4. The fraction of sp³-hybridized carbons (Fsp3) is 0.515. The van der Waals surface area contributed by atoms with Crippen molar-refractivity contribution in [1.29, 1.82) is 0 Å². The predicted molar refractivity (Wildman–Crippen MR) is 196 cm³/mol. The van der Waals surface area contributed by atoms with E-state index in [4.69, 9.17) is 22.3 Å². The average molecular weight is 789 g/mol. The zero-order chi connectivity index (χ0) is 40.5. The van der Waals surface area contributed by atoms with E-state index in [1.54, 1.807) is 20.1 Å². The molecule has 1 fully saturated rings. The normalized spacial score (nSPS) is 13.8. The van der Waals surface area contributed by atoms with Crippen LogP contribution in [0.3, 0.4) is 0 Å². The van der Waals surface area contributed by atoms with Gasteiger partial charge in [-0.15, -0.1) is 10.2 Å². The third-order valence-corrected chi connectivity index (χ3v) is 8.52. The summed E-state index contributed by atoms with van der Waals surface area (Å²) in [6, 6.07) is 8.16. The van der Waals surface area contributed by atoms with Crippen LogP contribution in [0.25, 0.3) is 0 Å². The van der Waals surface area contributed by atoms with Crippen molar-refractivity contribution in [2.45, 2.75) is 84.6 Å². The molecule has 0 spiro atoms. The van der Waals surface area contributed by atoms with Gasteiger partial charge in [0, 0.05) is 35.7 Å². The minimum absolute atomic E-state index is 0.00687. The number of anilines is 1. The molecule has 2 aromatic carbocycles. The van der Waals surface area contributed by atoms with E-state index >= 15 is 0 Å². The van der Waals surface area contributed by atoms with E-state index in [0.717, 1.165) is 10.2 Å². The summed E-state index contributed by atoms with van der Waals surface area (Å²) < 4.78 is 39.6. The number of hydrogen-bond donors (Lipinski definition) is 1. The number of hydroxylamine groups is 2. The number of carbonyl (C=O) groups is 1. The van der Waals surface area contributed by atoms with Crippen LogP contribution in [0.1, 0.15) is 78.1 Å². The predicted octanol–water partition coefficient (Wildman–Crippen LogP) is 7.16. The first kappa shape index (κ1) is 44.7. The highest BCUT2D eigenvalue weighted by atomic mass is 35.5. The van der Waals surface area contributed by atoms with Crippen LogP contribution in [-0.2, 0) is 27.8 Å². The van der Waals surface area contributed by atoms with Crippen LogP contribution in [0.5, 0.6) is 0 Å². The number of nitro groups is 2. The standard InChI is InChI=1S/C13H16F3N3O4.C12H14ClNO2.C8H14N4OS/c1-3-5-17(6-4-2)12-10(18(20)21)7-9(13(14,15)16)8-11(12)19(22)23;1-12(2)8-16-14(11(12)15)7-9-5-3-4-6-10(9)13;1-8(2,3)5-6(13)12(9)7(14-4)11-10-5/h7-8H,3-6H2,1-2H3;3-6H,7-8H2,1-2H3;9H2,1-4H3. The topological polar surface area (TPSA) is 193 Å². The van der Waals surface area contributed by atoms with Crippen LogP contribution >= 0.6 is 23.4 Å². The van der Waals surface area contributed by atoms with Crippen LogP contribution in [-0.4, -0.2) is 61.6 Å². The Morgan fingerprint density at radius 2 is 1.55 bits per heavy atom. The van der Waals surface area contributed by atoms with Crippen LogP contribution in [0.4, 0.5) is 30.2 Å². The fourth-order valence-corrected chi connectivity index (χ4v) is 5.43. The van der Waals surface area contributed by atoms with Crippen LogP contribution in [0.15, 0.2) is 46.3 Å². The van der Waals surface area contributed by atoms with Crippen molar-refractivity contribution >= 4 is 46.3 Å². The molecule has 0 saturated carbocycles. The van der Waals surface area contributed by atoms with E-state index in [9.17, 15) is 43.0 Å². The molecule has 3 aromatic rings. The molecule has 1 amide bonds. The van der Waals surface area contributed by atoms with Gasteiger partial charge in [0.25, 0.3) is 22.8 Å². The molecule has 2 heterocycles. The number of aromatic nitrogens is 3. The molecular formula is C33H44ClF3N8O7S. The van der Waals surface area contributed by atoms with E-state index in [1.807, 2.05) is 58.9 Å². The number of thioether (sulfide) groups is 1. The SMILES string of the molecule is CC1(C)CON(Cc2ccccc2Cl)C1=O.CCCN(CCC)c1c([N+](=O)[O-])cc(C(F)(F)F)cc1[N+](=O)[O-].CSc1nnc(C(C)(C)C)c(=O)n1N. The number of nitrogens with zero attached hydrogens (tertiary/aromatic N) is 7. The van der Waals surface area contributed by atoms with Gasteiger partial charge in [0.1, 0.15) is 5.69 Å². The Hall–Kier alpha value is -4.49. The number of nitro benzene ring substituents is 2. The van der Waals surface area contributed by atoms with Crippen LogP contribution in [0, 0.1) is 25.6 Å². The number of rotatable bonds is 10. The van der Waals surface area contributed by atoms with Crippen molar-refractivity contribution in [1.82, 2.24) is 19.9 Å². The smallest absolute Gasteiger partial charge is 0.360 e. The van der Waals surface area contributed by atoms with Crippen molar-refractivity contribution < 1.29 is 32.6 Å². The van der Waals surface area contributed by atoms with Crippen molar-refractivity contribution in [2.24, 2.45) is 5.41 Å². The maximum Gasteiger partial charge on any atom is 0.416 e. The molecule has 0 unspecified atom stereocenters. The van der Waals surface area contributed by atoms with Gasteiger partial charge in [-0.1, -0.05) is 76.2 Å². The molecule has 0 atom stereocenters. The molecule has 1 aliphatic rings. The Labute approximate surface area is 313 Å². The van der Waals surface area contributed by atoms with Gasteiger partial charge < -0.3 is 10.7 Å². The average Bonchev–Trinajstić information content (AvgIpc) is 3.32. The van der Waals surface area contributed by atoms with E-state index in [-0.39, 0.29) is 35.7 Å². The lowest BCUT2D eigenvalue weighted by Crippen LogP contribution is -2.37. The zero-order valence-corrected chi connectivity index (χ0v) is 32.3. The van der Waals surface area contributed by atoms with Crippen molar-refractivity contribution in [3.63, 3.8) is 0 Å². The molecule has 0 bridgehead atoms. The Balaban J connectivity index is 0.000000285. The van der Waals surface area contributed by atoms with Crippen LogP contribution in [0.2, 0.25) is 5.02 Å². The van der Waals surface area contributed by atoms with Gasteiger partial charge in [-0.25, -0.2) is 5.06 Å². The van der Waals surface area contributed by atoms with Gasteiger partial charge in [0.05, 0.1) is 34.0 Å². The summed E-state index contributed by atoms with van der Waals surface area (Å²) in [5, 5.41) is 32.6. The number of carbonyl (C=O) groups excluding carboxylic acids is 1. The van der Waals surface area contributed by atoms with Gasteiger partial charge in [-0.3, -0.25) is 34.7 Å². The van der Waals surface area contributed by atoms with E-state index in [0.29, 0.717) is 54.0 Å². The van der Waals surface area contributed by atoms with E-state index < -0.39 is 38.4 Å². The number of nitrogens with two attached hydrogens (primary N) is 1. The Kier molecular flexibility index (Phi) is 15.6. The molecule has 15 nitrogen and oxygen atoms in total. The lowest BCUT2D eigenvalue weighted by Gasteiger charge is -2.23. The lowest BCUT2D eigenvalue weighted by molar-refractivity contribution is -0.393. The van der Waals surface area contributed by atoms with E-state index in [2.05, 4.69) is 10.2 Å². The molecule has 292 valence electrons. The first-order valence-electron chi connectivity index (χ1n) is 16.3. The third-order valence-electron chi connectivity index (χ3n) is 7.51. The summed E-state index contributed by atoms with van der Waals surface area (Å²) in [6.07, 6.45) is -2.04. The second kappa shape index (κ2) is 18.5. The first-order valence-corrected chi connectivity index (χ1v) is 17.9. The summed E-state index contributed by atoms with van der Waals surface area (Å²) in [7, 11) is 0. The summed E-state index contributed by atoms with van der Waals surface area (Å²) >= 11 is 7.32. The highest BCUT2D eigenvalue weighted by molar-refractivity contribution is 7.98. The minimum Gasteiger partial charge on any atom is -0.360 e. The monoisotopic (exact) mass is 788 g/mol. The maximum absolute atomic E-state index is 12.8. The van der Waals surface area contributed by atoms with E-state index in [1.165, 1.54) is 21.7 Å². The number of hydrogen-bond acceptors (Lipinski definition) is 12. The minimum atomic E-state index is -4.91. The van der Waals surface area contributed by atoms with Crippen LogP contribution < -0.4 is 16.3 Å². The largest absolute Gasteiger partial charge is 0.416 e. The molecule has 1 saturated heterocycles. The summed E-state index contributed by atoms with van der Waals surface area (Å²) in [5.74, 6) is 5.58. The molecular weight excluding hydrogens is 745 g/mol. The van der Waals surface area contributed by atoms with Gasteiger partial charge in [0.2, 0.25) is 5.16 Å². The molecule has 53 heavy (non-hydrogen) atoms.